The summed E-state index contributed by atoms with van der Waals surface area (Å²) in [6.45, 7) is 6.66. The molecule has 0 heterocycles. The van der Waals surface area contributed by atoms with Crippen LogP contribution in [0.3, 0.4) is 0 Å². The summed E-state index contributed by atoms with van der Waals surface area (Å²) in [7, 11) is 0. The predicted octanol–water partition coefficient (Wildman–Crippen LogP) is -2.69. The van der Waals surface area contributed by atoms with E-state index < -0.39 is 84.4 Å². The van der Waals surface area contributed by atoms with Crippen LogP contribution in [0.25, 0.3) is 0 Å². The third-order valence-electron chi connectivity index (χ3n) is 4.82. The molecule has 0 saturated carbocycles. The number of nitrogens with two attached hydrogens (primary N) is 3. The average Bonchev–Trinajstić information content (AvgIpc) is 2.67. The standard InChI is InChI=1S/C19H34N6O7/c1-5-9(4)15(18(30)24-14(8(2)3)19(31)32)25-17(29)11(7-13(22)27)23-16(28)10(20)6-12(21)26/h8-11,14-15H,5-7,20H2,1-4H3,(H2,21,26)(H2,22,27)(H,23,28)(H,24,30)(H,25,29)(H,31,32). The van der Waals surface area contributed by atoms with Crippen LogP contribution in [0.2, 0.25) is 0 Å². The minimum absolute atomic E-state index is 0.414. The van der Waals surface area contributed by atoms with Gasteiger partial charge in [0.15, 0.2) is 0 Å². The number of carbonyl (C=O) groups is 6. The molecule has 0 spiro atoms. The first-order chi connectivity index (χ1) is 14.7. The van der Waals surface area contributed by atoms with Crippen molar-refractivity contribution in [3.8, 4) is 0 Å². The van der Waals surface area contributed by atoms with E-state index in [2.05, 4.69) is 16.0 Å². The van der Waals surface area contributed by atoms with Crippen LogP contribution in [0.15, 0.2) is 0 Å². The molecule has 0 aliphatic carbocycles. The highest BCUT2D eigenvalue weighted by Gasteiger charge is 2.34. The molecule has 0 bridgehead atoms. The van der Waals surface area contributed by atoms with E-state index in [-0.39, 0.29) is 0 Å². The Bertz CT molecular complexity index is 727. The molecule has 13 heteroatoms. The summed E-state index contributed by atoms with van der Waals surface area (Å²) < 4.78 is 0. The van der Waals surface area contributed by atoms with Gasteiger partial charge in [0.2, 0.25) is 29.5 Å². The zero-order valence-corrected chi connectivity index (χ0v) is 18.7. The number of primary amides is 2. The van der Waals surface area contributed by atoms with Crippen molar-refractivity contribution in [2.75, 3.05) is 0 Å². The van der Waals surface area contributed by atoms with Gasteiger partial charge in [0, 0.05) is 0 Å². The average molecular weight is 459 g/mol. The molecule has 0 aliphatic heterocycles. The molecule has 182 valence electrons. The van der Waals surface area contributed by atoms with Crippen molar-refractivity contribution >= 4 is 35.5 Å². The van der Waals surface area contributed by atoms with Crippen molar-refractivity contribution in [1.82, 2.24) is 16.0 Å². The number of aliphatic carboxylic acids is 1. The molecule has 32 heavy (non-hydrogen) atoms. The summed E-state index contributed by atoms with van der Waals surface area (Å²) in [5.74, 6) is -6.37. The lowest BCUT2D eigenvalue weighted by Gasteiger charge is -2.28. The first-order valence-corrected chi connectivity index (χ1v) is 10.2. The molecule has 0 aromatic rings. The first kappa shape index (κ1) is 28.8. The Labute approximate surface area is 186 Å². The molecule has 5 unspecified atom stereocenters. The molecule has 5 amide bonds. The Kier molecular flexibility index (Phi) is 11.9. The summed E-state index contributed by atoms with van der Waals surface area (Å²) in [4.78, 5) is 71.4. The van der Waals surface area contributed by atoms with Crippen molar-refractivity contribution < 1.29 is 33.9 Å². The van der Waals surface area contributed by atoms with E-state index in [9.17, 15) is 33.9 Å². The monoisotopic (exact) mass is 458 g/mol. The summed E-state index contributed by atoms with van der Waals surface area (Å²) in [6, 6.07) is -5.16. The second kappa shape index (κ2) is 13.2. The SMILES string of the molecule is CCC(C)C(NC(=O)C(CC(N)=O)NC(=O)C(N)CC(N)=O)C(=O)NC(C(=O)O)C(C)C. The second-order valence-corrected chi connectivity index (χ2v) is 7.95. The minimum Gasteiger partial charge on any atom is -0.480 e. The van der Waals surface area contributed by atoms with Crippen molar-refractivity contribution in [3.63, 3.8) is 0 Å². The van der Waals surface area contributed by atoms with E-state index in [1.807, 2.05) is 0 Å². The number of carboxylic acids is 1. The van der Waals surface area contributed by atoms with Gasteiger partial charge in [0.1, 0.15) is 18.1 Å². The van der Waals surface area contributed by atoms with Gasteiger partial charge in [-0.05, 0) is 11.8 Å². The highest BCUT2D eigenvalue weighted by atomic mass is 16.4. The number of amides is 5. The number of nitrogens with one attached hydrogen (secondary N) is 3. The Morgan fingerprint density at radius 1 is 0.781 bits per heavy atom. The number of carbonyl (C=O) groups excluding carboxylic acids is 5. The zero-order chi connectivity index (χ0) is 25.2. The van der Waals surface area contributed by atoms with Crippen LogP contribution in [0, 0.1) is 11.8 Å². The minimum atomic E-state index is -1.47. The third kappa shape index (κ3) is 9.73. The number of hydrogen-bond acceptors (Lipinski definition) is 7. The van der Waals surface area contributed by atoms with Gasteiger partial charge in [-0.3, -0.25) is 24.0 Å². The van der Waals surface area contributed by atoms with Crippen LogP contribution < -0.4 is 33.2 Å². The molecule has 0 saturated heterocycles. The summed E-state index contributed by atoms with van der Waals surface area (Å²) in [6.07, 6.45) is -0.631. The van der Waals surface area contributed by atoms with Crippen LogP contribution in [-0.4, -0.2) is 64.8 Å². The van der Waals surface area contributed by atoms with Crippen molar-refractivity contribution in [3.05, 3.63) is 0 Å². The normalized spacial score (nSPS) is 15.6. The Hall–Kier alpha value is -3.22. The predicted molar refractivity (Wildman–Crippen MR) is 113 cm³/mol. The van der Waals surface area contributed by atoms with E-state index in [0.29, 0.717) is 6.42 Å². The van der Waals surface area contributed by atoms with Gasteiger partial charge in [0.05, 0.1) is 18.9 Å². The largest absolute Gasteiger partial charge is 0.480 e. The summed E-state index contributed by atoms with van der Waals surface area (Å²) in [5, 5.41) is 16.4. The molecule has 0 fully saturated rings. The lowest BCUT2D eigenvalue weighted by atomic mass is 9.96. The number of hydrogen-bond donors (Lipinski definition) is 7. The van der Waals surface area contributed by atoms with Crippen molar-refractivity contribution in [2.45, 2.75) is 71.1 Å². The molecule has 0 aromatic carbocycles. The van der Waals surface area contributed by atoms with Gasteiger partial charge in [-0.25, -0.2) is 4.79 Å². The maximum atomic E-state index is 12.8. The van der Waals surface area contributed by atoms with Crippen LogP contribution in [0.1, 0.15) is 47.0 Å². The van der Waals surface area contributed by atoms with Gasteiger partial charge >= 0.3 is 5.97 Å². The Balaban J connectivity index is 5.59. The molecule has 0 aromatic heterocycles. The van der Waals surface area contributed by atoms with Gasteiger partial charge in [-0.15, -0.1) is 0 Å². The van der Waals surface area contributed by atoms with Gasteiger partial charge in [-0.1, -0.05) is 34.1 Å². The van der Waals surface area contributed by atoms with E-state index in [0.717, 1.165) is 0 Å². The quantitative estimate of drug-likeness (QED) is 0.144. The fourth-order valence-electron chi connectivity index (χ4n) is 2.71. The second-order valence-electron chi connectivity index (χ2n) is 7.95. The topological polar surface area (TPSA) is 237 Å². The summed E-state index contributed by atoms with van der Waals surface area (Å²) in [5.41, 5.74) is 15.7. The highest BCUT2D eigenvalue weighted by Crippen LogP contribution is 2.11. The van der Waals surface area contributed by atoms with Crippen LogP contribution in [0.5, 0.6) is 0 Å². The van der Waals surface area contributed by atoms with Crippen LogP contribution in [0.4, 0.5) is 0 Å². The van der Waals surface area contributed by atoms with E-state index in [1.165, 1.54) is 0 Å². The molecule has 0 aliphatic rings. The van der Waals surface area contributed by atoms with E-state index in [4.69, 9.17) is 17.2 Å². The molecular weight excluding hydrogens is 424 g/mol. The lowest BCUT2D eigenvalue weighted by molar-refractivity contribution is -0.144. The highest BCUT2D eigenvalue weighted by molar-refractivity contribution is 5.97. The van der Waals surface area contributed by atoms with Crippen LogP contribution >= 0.6 is 0 Å². The van der Waals surface area contributed by atoms with Crippen molar-refractivity contribution in [2.24, 2.45) is 29.0 Å². The first-order valence-electron chi connectivity index (χ1n) is 10.2. The fraction of sp³-hybridized carbons (Fsp3) is 0.684. The Morgan fingerprint density at radius 3 is 1.69 bits per heavy atom. The van der Waals surface area contributed by atoms with E-state index >= 15 is 0 Å². The van der Waals surface area contributed by atoms with Gasteiger partial charge in [-0.2, -0.15) is 0 Å². The molecule has 0 radical (unpaired) electrons. The molecular formula is C19H34N6O7. The molecule has 13 nitrogen and oxygen atoms in total. The summed E-state index contributed by atoms with van der Waals surface area (Å²) >= 11 is 0. The smallest absolute Gasteiger partial charge is 0.326 e. The van der Waals surface area contributed by atoms with Gasteiger partial charge in [0.25, 0.3) is 0 Å². The maximum absolute atomic E-state index is 12.8. The maximum Gasteiger partial charge on any atom is 0.326 e. The fourth-order valence-corrected chi connectivity index (χ4v) is 2.71. The Morgan fingerprint density at radius 2 is 1.28 bits per heavy atom. The molecule has 10 N–H and O–H groups in total. The lowest BCUT2D eigenvalue weighted by Crippen LogP contribution is -2.59. The number of rotatable bonds is 14. The van der Waals surface area contributed by atoms with Gasteiger partial charge < -0.3 is 38.3 Å². The van der Waals surface area contributed by atoms with Crippen molar-refractivity contribution in [1.29, 1.82) is 0 Å². The molecule has 0 rings (SSSR count). The zero-order valence-electron chi connectivity index (χ0n) is 18.7. The third-order valence-corrected chi connectivity index (χ3v) is 4.82. The molecule has 5 atom stereocenters. The van der Waals surface area contributed by atoms with Crippen LogP contribution in [-0.2, 0) is 28.8 Å². The van der Waals surface area contributed by atoms with E-state index in [1.54, 1.807) is 27.7 Å². The number of carboxylic acid groups (broad SMARTS) is 1.